The van der Waals surface area contributed by atoms with Crippen molar-refractivity contribution in [3.8, 4) is 0 Å². The molecular formula is C13H14F3N3O2S. The van der Waals surface area contributed by atoms with Crippen LogP contribution >= 0.6 is 11.3 Å². The van der Waals surface area contributed by atoms with Crippen molar-refractivity contribution < 1.29 is 22.7 Å². The first-order chi connectivity index (χ1) is 10.3. The van der Waals surface area contributed by atoms with Crippen LogP contribution in [0.15, 0.2) is 29.4 Å². The van der Waals surface area contributed by atoms with Gasteiger partial charge in [-0.3, -0.25) is 4.79 Å². The molecule has 0 fully saturated rings. The van der Waals surface area contributed by atoms with Gasteiger partial charge in [0.1, 0.15) is 12.7 Å². The molecule has 0 radical (unpaired) electrons. The van der Waals surface area contributed by atoms with Crippen molar-refractivity contribution in [2.24, 2.45) is 12.1 Å². The molecule has 1 heterocycles. The molecule has 1 N–H and O–H groups in total. The van der Waals surface area contributed by atoms with Crippen molar-refractivity contribution in [2.75, 3.05) is 6.61 Å². The van der Waals surface area contributed by atoms with E-state index in [2.05, 4.69) is 15.3 Å². The molecule has 1 atom stereocenters. The van der Waals surface area contributed by atoms with E-state index in [0.29, 0.717) is 4.80 Å². The molecule has 9 heteroatoms. The first-order valence-electron chi connectivity index (χ1n) is 6.34. The summed E-state index contributed by atoms with van der Waals surface area (Å²) in [5.41, 5.74) is 3.17. The van der Waals surface area contributed by atoms with Crippen molar-refractivity contribution in [2.45, 2.75) is 19.2 Å². The van der Waals surface area contributed by atoms with Gasteiger partial charge >= 0.3 is 6.18 Å². The van der Waals surface area contributed by atoms with E-state index in [-0.39, 0.29) is 0 Å². The van der Waals surface area contributed by atoms with E-state index < -0.39 is 24.8 Å². The number of fused-ring (bicyclic) bond motifs is 1. The highest BCUT2D eigenvalue weighted by molar-refractivity contribution is 7.16. The summed E-state index contributed by atoms with van der Waals surface area (Å²) in [6.45, 7) is -0.236. The van der Waals surface area contributed by atoms with Crippen LogP contribution in [-0.4, -0.2) is 29.4 Å². The van der Waals surface area contributed by atoms with Gasteiger partial charge in [-0.2, -0.15) is 13.2 Å². The normalized spacial score (nSPS) is 14.3. The number of para-hydroxylation sites is 1. The van der Waals surface area contributed by atoms with E-state index in [1.807, 2.05) is 24.3 Å². The number of alkyl halides is 3. The lowest BCUT2D eigenvalue weighted by Gasteiger charge is -2.12. The molecule has 0 aliphatic carbocycles. The van der Waals surface area contributed by atoms with E-state index in [9.17, 15) is 18.0 Å². The number of nitrogens with one attached hydrogen (secondary N) is 1. The van der Waals surface area contributed by atoms with Crippen molar-refractivity contribution in [1.82, 2.24) is 9.99 Å². The summed E-state index contributed by atoms with van der Waals surface area (Å²) in [6, 6.07) is 7.58. The summed E-state index contributed by atoms with van der Waals surface area (Å²) >= 11 is 1.36. The second-order valence-electron chi connectivity index (χ2n) is 4.57. The van der Waals surface area contributed by atoms with E-state index in [1.54, 1.807) is 11.6 Å². The summed E-state index contributed by atoms with van der Waals surface area (Å²) < 4.78 is 43.3. The van der Waals surface area contributed by atoms with Crippen LogP contribution < -0.4 is 10.2 Å². The number of nitrogens with zero attached hydrogens (tertiary/aromatic N) is 2. The Kier molecular flexibility index (Phi) is 4.87. The maximum Gasteiger partial charge on any atom is 0.411 e. The van der Waals surface area contributed by atoms with Crippen molar-refractivity contribution in [3.63, 3.8) is 0 Å². The molecule has 2 aromatic rings. The number of amides is 1. The second kappa shape index (κ2) is 6.49. The lowest BCUT2D eigenvalue weighted by atomic mass is 10.3. The molecule has 2 rings (SSSR count). The minimum Gasteiger partial charge on any atom is -0.359 e. The monoisotopic (exact) mass is 333 g/mol. The summed E-state index contributed by atoms with van der Waals surface area (Å²) in [6.07, 6.45) is -5.71. The van der Waals surface area contributed by atoms with Gasteiger partial charge in [0.25, 0.3) is 5.91 Å². The number of halogens is 3. The van der Waals surface area contributed by atoms with E-state index in [0.717, 1.165) is 10.2 Å². The maximum atomic E-state index is 12.0. The third-order valence-electron chi connectivity index (χ3n) is 2.84. The average Bonchev–Trinajstić information content (AvgIpc) is 2.78. The molecule has 5 nitrogen and oxygen atoms in total. The molecule has 0 aliphatic heterocycles. The van der Waals surface area contributed by atoms with Crippen molar-refractivity contribution in [3.05, 3.63) is 29.1 Å². The van der Waals surface area contributed by atoms with Crippen LogP contribution in [-0.2, 0) is 16.6 Å². The molecule has 1 amide bonds. The number of carbonyl (C=O) groups excluding carboxylic acids is 1. The molecule has 0 aliphatic rings. The standard InChI is InChI=1S/C13H14F3N3O2S/c1-8(21-7-13(14,15)16)11(20)17-18-12-19(2)9-5-3-4-6-10(9)22-12/h3-6,8H,7H2,1-2H3,(H,17,20)/b18-12-/t8-/m0/s1. The average molecular weight is 333 g/mol. The highest BCUT2D eigenvalue weighted by Crippen LogP contribution is 2.16. The number of benzene rings is 1. The fraction of sp³-hybridized carbons (Fsp3) is 0.385. The van der Waals surface area contributed by atoms with Gasteiger partial charge in [-0.05, 0) is 19.1 Å². The van der Waals surface area contributed by atoms with E-state index >= 15 is 0 Å². The Morgan fingerprint density at radius 2 is 2.14 bits per heavy atom. The first-order valence-corrected chi connectivity index (χ1v) is 7.16. The molecule has 1 aromatic carbocycles. The number of hydrogen-bond donors (Lipinski definition) is 1. The Hall–Kier alpha value is -1.87. The van der Waals surface area contributed by atoms with Crippen LogP contribution in [0.2, 0.25) is 0 Å². The van der Waals surface area contributed by atoms with Crippen LogP contribution in [0.25, 0.3) is 10.2 Å². The summed E-state index contributed by atoms with van der Waals surface area (Å²) in [5, 5.41) is 3.93. The zero-order valence-electron chi connectivity index (χ0n) is 11.8. The Balaban J connectivity index is 2.06. The van der Waals surface area contributed by atoms with E-state index in [1.165, 1.54) is 18.3 Å². The molecule has 0 spiro atoms. The molecule has 0 saturated heterocycles. The van der Waals surface area contributed by atoms with E-state index in [4.69, 9.17) is 0 Å². The van der Waals surface area contributed by atoms with Crippen molar-refractivity contribution >= 4 is 27.5 Å². The quantitative estimate of drug-likeness (QED) is 0.872. The van der Waals surface area contributed by atoms with Gasteiger partial charge in [0.05, 0.1) is 10.2 Å². The lowest BCUT2D eigenvalue weighted by Crippen LogP contribution is -2.35. The van der Waals surface area contributed by atoms with Gasteiger partial charge in [-0.15, -0.1) is 5.10 Å². The van der Waals surface area contributed by atoms with Crippen LogP contribution in [0.1, 0.15) is 6.92 Å². The van der Waals surface area contributed by atoms with Gasteiger partial charge in [-0.25, -0.2) is 5.43 Å². The predicted octanol–water partition coefficient (Wildman–Crippen LogP) is 2.14. The highest BCUT2D eigenvalue weighted by atomic mass is 32.1. The zero-order chi connectivity index (χ0) is 16.3. The Morgan fingerprint density at radius 3 is 2.77 bits per heavy atom. The van der Waals surface area contributed by atoms with Gasteiger partial charge in [0, 0.05) is 7.05 Å². The van der Waals surface area contributed by atoms with Gasteiger partial charge < -0.3 is 9.30 Å². The summed E-state index contributed by atoms with van der Waals surface area (Å²) in [7, 11) is 1.79. The number of aryl methyl sites for hydroxylation is 1. The minimum absolute atomic E-state index is 0.526. The Labute approximate surface area is 128 Å². The van der Waals surface area contributed by atoms with Gasteiger partial charge in [0.2, 0.25) is 4.80 Å². The SMILES string of the molecule is C[C@H](OCC(F)(F)F)C(=O)N/N=c1\sc2ccccc2n1C. The highest BCUT2D eigenvalue weighted by Gasteiger charge is 2.29. The number of carbonyl (C=O) groups is 1. The molecule has 22 heavy (non-hydrogen) atoms. The topological polar surface area (TPSA) is 55.6 Å². The molecule has 1 aromatic heterocycles. The van der Waals surface area contributed by atoms with Crippen molar-refractivity contribution in [1.29, 1.82) is 0 Å². The summed E-state index contributed by atoms with van der Waals surface area (Å²) in [4.78, 5) is 12.2. The molecule has 0 bridgehead atoms. The Bertz CT molecular complexity index is 736. The third kappa shape index (κ3) is 4.08. The fourth-order valence-corrected chi connectivity index (χ4v) is 2.66. The minimum atomic E-state index is -4.47. The third-order valence-corrected chi connectivity index (χ3v) is 3.96. The van der Waals surface area contributed by atoms with Crippen LogP contribution in [0.4, 0.5) is 13.2 Å². The maximum absolute atomic E-state index is 12.0. The number of aromatic nitrogens is 1. The van der Waals surface area contributed by atoms with Gasteiger partial charge in [-0.1, -0.05) is 23.5 Å². The fourth-order valence-electron chi connectivity index (χ4n) is 1.68. The molecule has 0 saturated carbocycles. The summed E-state index contributed by atoms with van der Waals surface area (Å²) in [5.74, 6) is -0.735. The zero-order valence-corrected chi connectivity index (χ0v) is 12.7. The number of rotatable bonds is 4. The Morgan fingerprint density at radius 1 is 1.45 bits per heavy atom. The molecular weight excluding hydrogens is 319 g/mol. The number of thiazole rings is 1. The number of hydrogen-bond acceptors (Lipinski definition) is 4. The first kappa shape index (κ1) is 16.5. The van der Waals surface area contributed by atoms with Crippen LogP contribution in [0, 0.1) is 0 Å². The second-order valence-corrected chi connectivity index (χ2v) is 5.58. The van der Waals surface area contributed by atoms with Crippen LogP contribution in [0.3, 0.4) is 0 Å². The van der Waals surface area contributed by atoms with Crippen LogP contribution in [0.5, 0.6) is 0 Å². The smallest absolute Gasteiger partial charge is 0.359 e. The lowest BCUT2D eigenvalue weighted by molar-refractivity contribution is -0.185. The molecule has 120 valence electrons. The molecule has 0 unspecified atom stereocenters. The largest absolute Gasteiger partial charge is 0.411 e. The predicted molar refractivity (Wildman–Crippen MR) is 76.0 cm³/mol. The van der Waals surface area contributed by atoms with Gasteiger partial charge in [0.15, 0.2) is 0 Å². The number of ether oxygens (including phenoxy) is 1.